The van der Waals surface area contributed by atoms with Gasteiger partial charge in [-0.1, -0.05) is 81.6 Å². The van der Waals surface area contributed by atoms with Crippen molar-refractivity contribution in [3.05, 3.63) is 0 Å². The molecule has 1 aliphatic carbocycles. The Bertz CT molecular complexity index is 352. The first-order chi connectivity index (χ1) is 13.8. The first kappa shape index (κ1) is 28.0. The lowest BCUT2D eigenvalue weighted by Crippen LogP contribution is -2.34. The van der Waals surface area contributed by atoms with Gasteiger partial charge in [0.1, 0.15) is 0 Å². The molecule has 2 nitrogen and oxygen atoms in total. The molecule has 3 fully saturated rings. The monoisotopic (exact) mass is 423 g/mol. The molecule has 2 heterocycles. The van der Waals surface area contributed by atoms with E-state index >= 15 is 0 Å². The normalized spacial score (nSPS) is 23.1. The summed E-state index contributed by atoms with van der Waals surface area (Å²) in [6.45, 7) is 25.5. The largest absolute Gasteiger partial charge is 0.381 e. The van der Waals surface area contributed by atoms with Gasteiger partial charge >= 0.3 is 0 Å². The second-order valence-corrected chi connectivity index (χ2v) is 13.3. The number of hydrogen-bond donors (Lipinski definition) is 1. The quantitative estimate of drug-likeness (QED) is 0.425. The second-order valence-electron chi connectivity index (χ2n) is 13.3. The number of piperidine rings is 1. The molecule has 0 aromatic rings. The van der Waals surface area contributed by atoms with Crippen molar-refractivity contribution in [1.29, 1.82) is 0 Å². The smallest absolute Gasteiger partial charge is 0.0468 e. The van der Waals surface area contributed by atoms with E-state index in [-0.39, 0.29) is 0 Å². The van der Waals surface area contributed by atoms with Gasteiger partial charge in [-0.3, -0.25) is 0 Å². The topological polar surface area (TPSA) is 21.3 Å². The minimum Gasteiger partial charge on any atom is -0.381 e. The molecule has 30 heavy (non-hydrogen) atoms. The van der Waals surface area contributed by atoms with Gasteiger partial charge in [0.25, 0.3) is 0 Å². The maximum atomic E-state index is 5.29. The third kappa shape index (κ3) is 11.5. The van der Waals surface area contributed by atoms with Crippen molar-refractivity contribution < 1.29 is 4.74 Å². The Morgan fingerprint density at radius 2 is 0.867 bits per heavy atom. The van der Waals surface area contributed by atoms with Crippen molar-refractivity contribution in [3.63, 3.8) is 0 Å². The van der Waals surface area contributed by atoms with Crippen molar-refractivity contribution in [3.8, 4) is 0 Å². The predicted octanol–water partition coefficient (Wildman–Crippen LogP) is 8.10. The summed E-state index contributed by atoms with van der Waals surface area (Å²) in [6, 6.07) is 0. The molecule has 0 spiro atoms. The van der Waals surface area contributed by atoms with Gasteiger partial charge in [0.05, 0.1) is 0 Å². The summed E-state index contributed by atoms with van der Waals surface area (Å²) in [6.07, 6.45) is 12.6. The number of hydrogen-bond acceptors (Lipinski definition) is 2. The molecule has 0 aromatic heterocycles. The highest BCUT2D eigenvalue weighted by atomic mass is 16.5. The minimum atomic E-state index is 0.490. The minimum absolute atomic E-state index is 0.490. The van der Waals surface area contributed by atoms with E-state index in [1.54, 1.807) is 0 Å². The fourth-order valence-corrected chi connectivity index (χ4v) is 5.22. The summed E-state index contributed by atoms with van der Waals surface area (Å²) in [5, 5.41) is 3.39. The first-order valence-electron chi connectivity index (χ1n) is 13.1. The third-order valence-electron chi connectivity index (χ3n) is 7.84. The zero-order chi connectivity index (χ0) is 22.8. The van der Waals surface area contributed by atoms with Gasteiger partial charge < -0.3 is 10.1 Å². The Hall–Kier alpha value is -0.0800. The lowest BCUT2D eigenvalue weighted by Gasteiger charge is -2.34. The summed E-state index contributed by atoms with van der Waals surface area (Å²) in [7, 11) is 0. The highest BCUT2D eigenvalue weighted by Gasteiger charge is 2.27. The van der Waals surface area contributed by atoms with Gasteiger partial charge in [-0.05, 0) is 85.6 Å². The van der Waals surface area contributed by atoms with Gasteiger partial charge in [0.2, 0.25) is 0 Å². The summed E-state index contributed by atoms with van der Waals surface area (Å²) < 4.78 is 5.29. The molecule has 0 radical (unpaired) electrons. The molecule has 1 N–H and O–H groups in total. The molecule has 180 valence electrons. The second kappa shape index (κ2) is 12.8. The Kier molecular flexibility index (Phi) is 12.0. The summed E-state index contributed by atoms with van der Waals surface area (Å²) in [5.74, 6) is 2.82. The van der Waals surface area contributed by atoms with Crippen LogP contribution in [0.15, 0.2) is 0 Å². The fraction of sp³-hybridized carbons (Fsp3) is 1.00. The molecule has 2 saturated heterocycles. The Balaban J connectivity index is 0.000000225. The van der Waals surface area contributed by atoms with Crippen LogP contribution in [-0.4, -0.2) is 26.3 Å². The molecule has 0 unspecified atom stereocenters. The highest BCUT2D eigenvalue weighted by Crippen LogP contribution is 2.37. The van der Waals surface area contributed by atoms with Crippen LogP contribution in [0.4, 0.5) is 0 Å². The molecular weight excluding hydrogens is 366 g/mol. The molecule has 0 aromatic carbocycles. The number of rotatable bonds is 0. The number of ether oxygens (including phenoxy) is 1. The Labute approximate surface area is 190 Å². The fourth-order valence-electron chi connectivity index (χ4n) is 5.22. The van der Waals surface area contributed by atoms with Crippen LogP contribution in [0.5, 0.6) is 0 Å². The lowest BCUT2D eigenvalue weighted by molar-refractivity contribution is 0.0286. The van der Waals surface area contributed by atoms with Gasteiger partial charge in [-0.2, -0.15) is 0 Å². The van der Waals surface area contributed by atoms with Crippen LogP contribution >= 0.6 is 0 Å². The van der Waals surface area contributed by atoms with Crippen LogP contribution < -0.4 is 5.32 Å². The van der Waals surface area contributed by atoms with Crippen molar-refractivity contribution >= 4 is 0 Å². The van der Waals surface area contributed by atoms with Gasteiger partial charge in [-0.25, -0.2) is 0 Å². The van der Waals surface area contributed by atoms with Gasteiger partial charge in [0.15, 0.2) is 0 Å². The summed E-state index contributed by atoms with van der Waals surface area (Å²) in [5.41, 5.74) is 1.59. The zero-order valence-corrected chi connectivity index (χ0v) is 22.3. The van der Waals surface area contributed by atoms with Crippen molar-refractivity contribution in [2.24, 2.45) is 34.0 Å². The van der Waals surface area contributed by atoms with Crippen molar-refractivity contribution in [1.82, 2.24) is 5.32 Å². The van der Waals surface area contributed by atoms with Crippen LogP contribution in [0.3, 0.4) is 0 Å². The molecule has 0 atom stereocenters. The van der Waals surface area contributed by atoms with Gasteiger partial charge in [0, 0.05) is 13.2 Å². The van der Waals surface area contributed by atoms with E-state index in [0.717, 1.165) is 31.0 Å². The maximum Gasteiger partial charge on any atom is 0.0468 e. The molecule has 0 amide bonds. The molecule has 2 aliphatic heterocycles. The van der Waals surface area contributed by atoms with Crippen LogP contribution in [0.2, 0.25) is 0 Å². The molecule has 3 rings (SSSR count). The van der Waals surface area contributed by atoms with E-state index in [4.69, 9.17) is 4.74 Å². The van der Waals surface area contributed by atoms with Crippen LogP contribution in [0.25, 0.3) is 0 Å². The average molecular weight is 424 g/mol. The van der Waals surface area contributed by atoms with Crippen molar-refractivity contribution in [2.75, 3.05) is 26.3 Å². The third-order valence-corrected chi connectivity index (χ3v) is 7.84. The molecule has 2 heteroatoms. The van der Waals surface area contributed by atoms with E-state index in [1.165, 1.54) is 70.9 Å². The standard InChI is InChI=1S/C10H20.C9H19N.C9H18O/c1-10(2,3)9-7-5-4-6-8-9;2*1-9(2,3)8-4-6-10-7-5-8/h9H,4-8H2,1-3H3;8,10H,4-7H2,1-3H3;8H,4-7H2,1-3H3. The SMILES string of the molecule is CC(C)(C)C1CCCCC1.CC(C)(C)C1CCNCC1.CC(C)(C)C1CCOCC1. The van der Waals surface area contributed by atoms with Crippen LogP contribution in [-0.2, 0) is 4.74 Å². The van der Waals surface area contributed by atoms with Crippen molar-refractivity contribution in [2.45, 2.75) is 120 Å². The van der Waals surface area contributed by atoms with E-state index in [9.17, 15) is 0 Å². The number of nitrogens with one attached hydrogen (secondary N) is 1. The molecule has 1 saturated carbocycles. The molecule has 0 bridgehead atoms. The zero-order valence-electron chi connectivity index (χ0n) is 22.3. The average Bonchev–Trinajstić information content (AvgIpc) is 2.69. The highest BCUT2D eigenvalue weighted by molar-refractivity contribution is 4.79. The molecular formula is C28H57NO. The van der Waals surface area contributed by atoms with Crippen LogP contribution in [0, 0.1) is 34.0 Å². The Morgan fingerprint density at radius 3 is 1.17 bits per heavy atom. The van der Waals surface area contributed by atoms with E-state index in [2.05, 4.69) is 67.6 Å². The molecule has 3 aliphatic rings. The Morgan fingerprint density at radius 1 is 0.500 bits per heavy atom. The van der Waals surface area contributed by atoms with E-state index in [1.807, 2.05) is 0 Å². The van der Waals surface area contributed by atoms with E-state index in [0.29, 0.717) is 16.2 Å². The summed E-state index contributed by atoms with van der Waals surface area (Å²) >= 11 is 0. The van der Waals surface area contributed by atoms with E-state index < -0.39 is 0 Å². The summed E-state index contributed by atoms with van der Waals surface area (Å²) in [4.78, 5) is 0. The first-order valence-corrected chi connectivity index (χ1v) is 13.1. The van der Waals surface area contributed by atoms with Crippen LogP contribution in [0.1, 0.15) is 120 Å². The maximum absolute atomic E-state index is 5.29. The van der Waals surface area contributed by atoms with Gasteiger partial charge in [-0.15, -0.1) is 0 Å². The predicted molar refractivity (Wildman–Crippen MR) is 134 cm³/mol. The lowest BCUT2D eigenvalue weighted by atomic mass is 9.72.